The number of aromatic nitrogens is 3. The van der Waals surface area contributed by atoms with Gasteiger partial charge in [0.2, 0.25) is 5.91 Å². The molecule has 4 rings (SSSR count). The first-order chi connectivity index (χ1) is 16.9. The van der Waals surface area contributed by atoms with Crippen molar-refractivity contribution in [3.63, 3.8) is 0 Å². The Kier molecular flexibility index (Phi) is 7.99. The van der Waals surface area contributed by atoms with Gasteiger partial charge in [0, 0.05) is 20.1 Å². The first kappa shape index (κ1) is 24.7. The molecule has 0 aliphatic rings. The number of hydrogen-bond donors (Lipinski definition) is 0. The van der Waals surface area contributed by atoms with Gasteiger partial charge < -0.3 is 9.47 Å². The Labute approximate surface area is 209 Å². The molecule has 0 bridgehead atoms. The van der Waals surface area contributed by atoms with Crippen LogP contribution in [0.25, 0.3) is 0 Å². The Morgan fingerprint density at radius 3 is 1.89 bits per heavy atom. The van der Waals surface area contributed by atoms with Crippen LogP contribution in [0.2, 0.25) is 0 Å². The smallest absolute Gasteiger partial charge is 0.233 e. The lowest BCUT2D eigenvalue weighted by Gasteiger charge is -2.23. The van der Waals surface area contributed by atoms with Gasteiger partial charge in [-0.05, 0) is 23.3 Å². The van der Waals surface area contributed by atoms with Gasteiger partial charge in [0.05, 0.1) is 10.6 Å². The Balaban J connectivity index is 1.44. The zero-order valence-electron chi connectivity index (χ0n) is 19.3. The summed E-state index contributed by atoms with van der Waals surface area (Å²) in [6.07, 6.45) is 0. The molecular weight excluding hydrogens is 480 g/mol. The highest BCUT2D eigenvalue weighted by atomic mass is 32.2. The fourth-order valence-electron chi connectivity index (χ4n) is 3.54. The average Bonchev–Trinajstić information content (AvgIpc) is 3.22. The molecule has 0 unspecified atom stereocenters. The van der Waals surface area contributed by atoms with Crippen molar-refractivity contribution >= 4 is 27.5 Å². The lowest BCUT2D eigenvalue weighted by Crippen LogP contribution is -2.31. The van der Waals surface area contributed by atoms with Gasteiger partial charge in [-0.2, -0.15) is 0 Å². The third-order valence-corrected chi connectivity index (χ3v) is 8.09. The fraction of sp³-hybridized carbons (Fsp3) is 0.192. The number of nitrogens with zero attached hydrogens (tertiary/aromatic N) is 4. The van der Waals surface area contributed by atoms with Crippen molar-refractivity contribution in [3.8, 4) is 0 Å². The summed E-state index contributed by atoms with van der Waals surface area (Å²) in [7, 11) is -1.83. The number of benzene rings is 3. The summed E-state index contributed by atoms with van der Waals surface area (Å²) in [5, 5.41) is 8.70. The minimum Gasteiger partial charge on any atom is -0.333 e. The van der Waals surface area contributed by atoms with E-state index >= 15 is 0 Å². The van der Waals surface area contributed by atoms with Gasteiger partial charge in [-0.3, -0.25) is 4.79 Å². The Bertz CT molecular complexity index is 1320. The van der Waals surface area contributed by atoms with Crippen LogP contribution < -0.4 is 0 Å². The molecule has 0 spiro atoms. The highest BCUT2D eigenvalue weighted by molar-refractivity contribution is 7.99. The van der Waals surface area contributed by atoms with Crippen molar-refractivity contribution in [2.75, 3.05) is 5.75 Å². The third-order valence-electron chi connectivity index (χ3n) is 5.46. The second-order valence-corrected chi connectivity index (χ2v) is 11.0. The molecule has 0 atom stereocenters. The number of amides is 1. The molecule has 0 saturated carbocycles. The largest absolute Gasteiger partial charge is 0.333 e. The molecule has 4 aromatic rings. The highest BCUT2D eigenvalue weighted by Gasteiger charge is 2.21. The Hall–Kier alpha value is -3.43. The van der Waals surface area contributed by atoms with Crippen LogP contribution in [0, 0.1) is 0 Å². The molecule has 0 radical (unpaired) electrons. The minimum atomic E-state index is -3.54. The second kappa shape index (κ2) is 11.3. The normalized spacial score (nSPS) is 11.3. The van der Waals surface area contributed by atoms with E-state index in [9.17, 15) is 13.2 Å². The lowest BCUT2D eigenvalue weighted by atomic mass is 10.1. The number of carbonyl (C=O) groups is 1. The van der Waals surface area contributed by atoms with E-state index in [-0.39, 0.29) is 22.3 Å². The van der Waals surface area contributed by atoms with Gasteiger partial charge in [0.1, 0.15) is 11.6 Å². The van der Waals surface area contributed by atoms with E-state index in [1.807, 2.05) is 65.6 Å². The van der Waals surface area contributed by atoms with Crippen LogP contribution >= 0.6 is 11.8 Å². The van der Waals surface area contributed by atoms with E-state index in [0.717, 1.165) is 11.1 Å². The van der Waals surface area contributed by atoms with Crippen LogP contribution in [0.5, 0.6) is 0 Å². The summed E-state index contributed by atoms with van der Waals surface area (Å²) in [4.78, 5) is 15.3. The second-order valence-electron chi connectivity index (χ2n) is 8.04. The van der Waals surface area contributed by atoms with Crippen molar-refractivity contribution in [1.29, 1.82) is 0 Å². The van der Waals surface area contributed by atoms with Crippen LogP contribution in [0.15, 0.2) is 101 Å². The molecule has 0 saturated heterocycles. The minimum absolute atomic E-state index is 0.0378. The maximum Gasteiger partial charge on any atom is 0.233 e. The van der Waals surface area contributed by atoms with Gasteiger partial charge in [-0.25, -0.2) is 8.42 Å². The van der Waals surface area contributed by atoms with Crippen molar-refractivity contribution in [2.45, 2.75) is 28.9 Å². The van der Waals surface area contributed by atoms with Gasteiger partial charge in [0.25, 0.3) is 0 Å². The van der Waals surface area contributed by atoms with Gasteiger partial charge in [0.15, 0.2) is 15.0 Å². The van der Waals surface area contributed by atoms with E-state index in [1.165, 1.54) is 11.8 Å². The molecule has 0 aliphatic carbocycles. The number of rotatable bonds is 10. The molecule has 3 aromatic carbocycles. The SMILES string of the molecule is Cn1c(CS(=O)(=O)c2ccccc2)nnc1SCC(=O)N(Cc1ccccc1)Cc1ccccc1. The lowest BCUT2D eigenvalue weighted by molar-refractivity contribution is -0.129. The van der Waals surface area contributed by atoms with Crippen LogP contribution in [0.4, 0.5) is 0 Å². The number of thioether (sulfide) groups is 1. The predicted octanol–water partition coefficient (Wildman–Crippen LogP) is 4.11. The van der Waals surface area contributed by atoms with Crippen molar-refractivity contribution in [2.24, 2.45) is 7.05 Å². The number of sulfone groups is 1. The number of carbonyl (C=O) groups excluding carboxylic acids is 1. The highest BCUT2D eigenvalue weighted by Crippen LogP contribution is 2.21. The first-order valence-corrected chi connectivity index (χ1v) is 13.7. The zero-order valence-corrected chi connectivity index (χ0v) is 21.0. The molecule has 0 fully saturated rings. The van der Waals surface area contributed by atoms with Crippen molar-refractivity contribution in [3.05, 3.63) is 108 Å². The van der Waals surface area contributed by atoms with Crippen molar-refractivity contribution in [1.82, 2.24) is 19.7 Å². The van der Waals surface area contributed by atoms with Gasteiger partial charge >= 0.3 is 0 Å². The van der Waals surface area contributed by atoms with Crippen LogP contribution in [0.1, 0.15) is 17.0 Å². The quantitative estimate of drug-likeness (QED) is 0.301. The summed E-state index contributed by atoms with van der Waals surface area (Å²) in [6, 6.07) is 28.0. The molecular formula is C26H26N4O3S2. The van der Waals surface area contributed by atoms with E-state index in [0.29, 0.717) is 24.1 Å². The summed E-state index contributed by atoms with van der Waals surface area (Å²) in [5.74, 6) is 0.193. The van der Waals surface area contributed by atoms with Gasteiger partial charge in [-0.1, -0.05) is 90.6 Å². The Morgan fingerprint density at radius 2 is 1.34 bits per heavy atom. The van der Waals surface area contributed by atoms with E-state index in [1.54, 1.807) is 41.9 Å². The summed E-state index contributed by atoms with van der Waals surface area (Å²) in [5.41, 5.74) is 2.10. The molecule has 0 aliphatic heterocycles. The van der Waals surface area contributed by atoms with Crippen LogP contribution in [-0.4, -0.2) is 39.7 Å². The molecule has 1 aromatic heterocycles. The molecule has 180 valence electrons. The van der Waals surface area contributed by atoms with Crippen LogP contribution in [-0.2, 0) is 40.5 Å². The Morgan fingerprint density at radius 1 is 0.829 bits per heavy atom. The molecule has 1 amide bonds. The fourth-order valence-corrected chi connectivity index (χ4v) is 5.70. The van der Waals surface area contributed by atoms with Crippen LogP contribution in [0.3, 0.4) is 0 Å². The molecule has 1 heterocycles. The molecule has 0 N–H and O–H groups in total. The third kappa shape index (κ3) is 6.58. The van der Waals surface area contributed by atoms with E-state index < -0.39 is 9.84 Å². The summed E-state index contributed by atoms with van der Waals surface area (Å²) in [6.45, 7) is 0.989. The predicted molar refractivity (Wildman–Crippen MR) is 136 cm³/mol. The van der Waals surface area contributed by atoms with E-state index in [4.69, 9.17) is 0 Å². The number of hydrogen-bond acceptors (Lipinski definition) is 6. The monoisotopic (exact) mass is 506 g/mol. The summed E-state index contributed by atoms with van der Waals surface area (Å²) >= 11 is 1.25. The molecule has 35 heavy (non-hydrogen) atoms. The standard InChI is InChI=1S/C26H26N4O3S2/c1-29-24(20-35(32,33)23-15-9-4-10-16-23)27-28-26(29)34-19-25(31)30(17-21-11-5-2-6-12-21)18-22-13-7-3-8-14-22/h2-16H,17-20H2,1H3. The first-order valence-electron chi connectivity index (χ1n) is 11.1. The maximum atomic E-state index is 13.2. The zero-order chi connectivity index (χ0) is 24.7. The molecule has 7 nitrogen and oxygen atoms in total. The maximum absolute atomic E-state index is 13.2. The van der Waals surface area contributed by atoms with Crippen molar-refractivity contribution < 1.29 is 13.2 Å². The topological polar surface area (TPSA) is 85.2 Å². The van der Waals surface area contributed by atoms with E-state index in [2.05, 4.69) is 10.2 Å². The summed E-state index contributed by atoms with van der Waals surface area (Å²) < 4.78 is 27.1. The average molecular weight is 507 g/mol. The molecule has 9 heteroatoms. The van der Waals surface area contributed by atoms with Gasteiger partial charge in [-0.15, -0.1) is 10.2 Å².